The summed E-state index contributed by atoms with van der Waals surface area (Å²) >= 11 is 0. The summed E-state index contributed by atoms with van der Waals surface area (Å²) in [5.74, 6) is 0. The molecule has 0 spiro atoms. The van der Waals surface area contributed by atoms with Crippen LogP contribution in [0.3, 0.4) is 0 Å². The van der Waals surface area contributed by atoms with Crippen molar-refractivity contribution in [2.45, 2.75) is 13.0 Å². The van der Waals surface area contributed by atoms with Crippen LogP contribution in [-0.4, -0.2) is 31.3 Å². The lowest BCUT2D eigenvalue weighted by Crippen LogP contribution is -2.46. The largest absolute Gasteiger partial charge is 0.379 e. The summed E-state index contributed by atoms with van der Waals surface area (Å²) in [6.45, 7) is 5.78. The summed E-state index contributed by atoms with van der Waals surface area (Å²) in [4.78, 5) is 0. The van der Waals surface area contributed by atoms with Crippen LogP contribution in [0.25, 0.3) is 0 Å². The molecule has 3 nitrogen and oxygen atoms in total. The molecule has 1 aliphatic heterocycles. The first-order valence-electron chi connectivity index (χ1n) is 5.50. The van der Waals surface area contributed by atoms with Crippen LogP contribution in [-0.2, 0) is 4.74 Å². The summed E-state index contributed by atoms with van der Waals surface area (Å²) in [5.41, 5.74) is 4.81. The zero-order valence-corrected chi connectivity index (χ0v) is 10.4. The second-order valence-electron chi connectivity index (χ2n) is 3.86. The number of nitrogens with one attached hydrogen (secondary N) is 1. The van der Waals surface area contributed by atoms with E-state index in [2.05, 4.69) is 41.6 Å². The van der Waals surface area contributed by atoms with Crippen molar-refractivity contribution in [2.75, 3.05) is 26.3 Å². The van der Waals surface area contributed by atoms with E-state index in [-0.39, 0.29) is 12.4 Å². The summed E-state index contributed by atoms with van der Waals surface area (Å²) in [6, 6.07) is 10.9. The van der Waals surface area contributed by atoms with E-state index in [9.17, 15) is 0 Å². The molecule has 0 aromatic heterocycles. The molecule has 0 saturated carbocycles. The van der Waals surface area contributed by atoms with Gasteiger partial charge in [0.25, 0.3) is 0 Å². The minimum atomic E-state index is 0. The van der Waals surface area contributed by atoms with Gasteiger partial charge in [-0.2, -0.15) is 0 Å². The van der Waals surface area contributed by atoms with Crippen LogP contribution < -0.4 is 5.43 Å². The second kappa shape index (κ2) is 6.86. The second-order valence-corrected chi connectivity index (χ2v) is 3.86. The van der Waals surface area contributed by atoms with Crippen molar-refractivity contribution in [3.8, 4) is 0 Å². The molecule has 90 valence electrons. The molecule has 1 aromatic carbocycles. The maximum atomic E-state index is 5.31. The van der Waals surface area contributed by atoms with E-state index in [1.54, 1.807) is 0 Å². The first kappa shape index (κ1) is 13.5. The van der Waals surface area contributed by atoms with Crippen LogP contribution in [0, 0.1) is 0 Å². The molecular weight excluding hydrogens is 224 g/mol. The predicted octanol–water partition coefficient (Wildman–Crippen LogP) is 2.01. The molecule has 0 bridgehead atoms. The SMILES string of the molecule is CC(NN1CCOCC1)c1ccccc1.Cl. The molecule has 1 saturated heterocycles. The molecule has 0 amide bonds. The summed E-state index contributed by atoms with van der Waals surface area (Å²) in [5, 5.41) is 2.24. The molecule has 0 radical (unpaired) electrons. The molecule has 1 heterocycles. The molecule has 0 aliphatic carbocycles. The molecule has 2 rings (SSSR count). The Morgan fingerprint density at radius 1 is 1.19 bits per heavy atom. The lowest BCUT2D eigenvalue weighted by molar-refractivity contribution is 0.00484. The van der Waals surface area contributed by atoms with E-state index in [0.717, 1.165) is 26.3 Å². The van der Waals surface area contributed by atoms with Crippen LogP contribution in [0.15, 0.2) is 30.3 Å². The fourth-order valence-corrected chi connectivity index (χ4v) is 1.78. The fourth-order valence-electron chi connectivity index (χ4n) is 1.78. The van der Waals surface area contributed by atoms with E-state index in [1.165, 1.54) is 5.56 Å². The van der Waals surface area contributed by atoms with Crippen molar-refractivity contribution in [2.24, 2.45) is 0 Å². The summed E-state index contributed by atoms with van der Waals surface area (Å²) < 4.78 is 5.31. The van der Waals surface area contributed by atoms with Gasteiger partial charge in [-0.15, -0.1) is 12.4 Å². The van der Waals surface area contributed by atoms with Gasteiger partial charge >= 0.3 is 0 Å². The number of ether oxygens (including phenoxy) is 1. The molecule has 1 aliphatic rings. The van der Waals surface area contributed by atoms with Crippen LogP contribution >= 0.6 is 12.4 Å². The lowest BCUT2D eigenvalue weighted by Gasteiger charge is -2.30. The Hall–Kier alpha value is -0.610. The van der Waals surface area contributed by atoms with E-state index in [0.29, 0.717) is 6.04 Å². The highest BCUT2D eigenvalue weighted by Gasteiger charge is 2.13. The van der Waals surface area contributed by atoms with E-state index in [1.807, 2.05) is 6.07 Å². The molecule has 1 aromatic rings. The van der Waals surface area contributed by atoms with E-state index in [4.69, 9.17) is 4.74 Å². The molecular formula is C12H19ClN2O. The van der Waals surface area contributed by atoms with Crippen molar-refractivity contribution >= 4 is 12.4 Å². The molecule has 1 N–H and O–H groups in total. The highest BCUT2D eigenvalue weighted by Crippen LogP contribution is 2.12. The third-order valence-corrected chi connectivity index (χ3v) is 2.69. The van der Waals surface area contributed by atoms with Gasteiger partial charge in [-0.1, -0.05) is 30.3 Å². The number of rotatable bonds is 3. The number of hydrogen-bond donors (Lipinski definition) is 1. The van der Waals surface area contributed by atoms with E-state index < -0.39 is 0 Å². The van der Waals surface area contributed by atoms with Gasteiger partial charge in [0, 0.05) is 19.1 Å². The Kier molecular flexibility index (Phi) is 5.77. The topological polar surface area (TPSA) is 24.5 Å². The third kappa shape index (κ3) is 3.76. The Morgan fingerprint density at radius 3 is 2.44 bits per heavy atom. The van der Waals surface area contributed by atoms with Crippen molar-refractivity contribution in [1.82, 2.24) is 10.4 Å². The third-order valence-electron chi connectivity index (χ3n) is 2.69. The first-order valence-corrected chi connectivity index (χ1v) is 5.50. The van der Waals surface area contributed by atoms with Gasteiger partial charge in [0.15, 0.2) is 0 Å². The van der Waals surface area contributed by atoms with Gasteiger partial charge in [0.05, 0.1) is 13.2 Å². The Labute approximate surface area is 103 Å². The van der Waals surface area contributed by atoms with Crippen LogP contribution in [0.2, 0.25) is 0 Å². The number of benzene rings is 1. The summed E-state index contributed by atoms with van der Waals surface area (Å²) in [6.07, 6.45) is 0. The highest BCUT2D eigenvalue weighted by molar-refractivity contribution is 5.85. The normalized spacial score (nSPS) is 18.8. The maximum Gasteiger partial charge on any atom is 0.0608 e. The minimum Gasteiger partial charge on any atom is -0.379 e. The van der Waals surface area contributed by atoms with Gasteiger partial charge in [0.1, 0.15) is 0 Å². The number of nitrogens with zero attached hydrogens (tertiary/aromatic N) is 1. The first-order chi connectivity index (χ1) is 7.36. The zero-order valence-electron chi connectivity index (χ0n) is 9.56. The van der Waals surface area contributed by atoms with Crippen LogP contribution in [0.4, 0.5) is 0 Å². The highest BCUT2D eigenvalue weighted by atomic mass is 35.5. The number of hydrogen-bond acceptors (Lipinski definition) is 3. The Morgan fingerprint density at radius 2 is 1.81 bits per heavy atom. The number of morpholine rings is 1. The monoisotopic (exact) mass is 242 g/mol. The van der Waals surface area contributed by atoms with Gasteiger partial charge in [-0.05, 0) is 12.5 Å². The minimum absolute atomic E-state index is 0. The zero-order chi connectivity index (χ0) is 10.5. The molecule has 4 heteroatoms. The lowest BCUT2D eigenvalue weighted by atomic mass is 10.1. The van der Waals surface area contributed by atoms with Crippen molar-refractivity contribution in [3.05, 3.63) is 35.9 Å². The van der Waals surface area contributed by atoms with Crippen LogP contribution in [0.1, 0.15) is 18.5 Å². The Bertz CT molecular complexity index is 288. The average molecular weight is 243 g/mol. The van der Waals surface area contributed by atoms with Gasteiger partial charge in [0.2, 0.25) is 0 Å². The molecule has 16 heavy (non-hydrogen) atoms. The van der Waals surface area contributed by atoms with Crippen molar-refractivity contribution in [1.29, 1.82) is 0 Å². The maximum absolute atomic E-state index is 5.31. The van der Waals surface area contributed by atoms with Crippen molar-refractivity contribution in [3.63, 3.8) is 0 Å². The smallest absolute Gasteiger partial charge is 0.0608 e. The van der Waals surface area contributed by atoms with Gasteiger partial charge in [-0.25, -0.2) is 10.4 Å². The molecule has 1 unspecified atom stereocenters. The summed E-state index contributed by atoms with van der Waals surface area (Å²) in [7, 11) is 0. The van der Waals surface area contributed by atoms with E-state index >= 15 is 0 Å². The molecule has 1 fully saturated rings. The standard InChI is InChI=1S/C12H18N2O.ClH/c1-11(12-5-3-2-4-6-12)13-14-7-9-15-10-8-14;/h2-6,11,13H,7-10H2,1H3;1H. The Balaban J connectivity index is 0.00000128. The van der Waals surface area contributed by atoms with Gasteiger partial charge in [-0.3, -0.25) is 0 Å². The van der Waals surface area contributed by atoms with Crippen molar-refractivity contribution < 1.29 is 4.74 Å². The van der Waals surface area contributed by atoms with Crippen LogP contribution in [0.5, 0.6) is 0 Å². The average Bonchev–Trinajstić information content (AvgIpc) is 2.31. The molecule has 1 atom stereocenters. The van der Waals surface area contributed by atoms with Gasteiger partial charge < -0.3 is 4.74 Å². The quantitative estimate of drug-likeness (QED) is 0.878. The number of hydrazine groups is 1. The fraction of sp³-hybridized carbons (Fsp3) is 0.500. The number of halogens is 1. The predicted molar refractivity (Wildman–Crippen MR) is 67.6 cm³/mol.